The van der Waals surface area contributed by atoms with Gasteiger partial charge in [0, 0.05) is 22.7 Å². The van der Waals surface area contributed by atoms with E-state index in [9.17, 15) is 8.78 Å². The summed E-state index contributed by atoms with van der Waals surface area (Å²) < 4.78 is 26.2. The van der Waals surface area contributed by atoms with Crippen molar-refractivity contribution in [3.63, 3.8) is 0 Å². The molecule has 1 unspecified atom stereocenters. The number of halogens is 2. The molecule has 0 aliphatic heterocycles. The maximum absolute atomic E-state index is 13.1. The van der Waals surface area contributed by atoms with Gasteiger partial charge >= 0.3 is 0 Å². The van der Waals surface area contributed by atoms with Crippen molar-refractivity contribution >= 4 is 17.4 Å². The van der Waals surface area contributed by atoms with Crippen LogP contribution in [0.25, 0.3) is 0 Å². The van der Waals surface area contributed by atoms with Crippen LogP contribution in [0.3, 0.4) is 0 Å². The van der Waals surface area contributed by atoms with Crippen LogP contribution in [0.1, 0.15) is 18.5 Å². The third kappa shape index (κ3) is 3.70. The minimum absolute atomic E-state index is 0.0166. The molecule has 0 spiro atoms. The third-order valence-corrected chi connectivity index (χ3v) is 3.61. The molecule has 0 bridgehead atoms. The number of nitrogens with one attached hydrogen (secondary N) is 1. The number of rotatable bonds is 4. The molecule has 100 valence electrons. The summed E-state index contributed by atoms with van der Waals surface area (Å²) in [7, 11) is 0. The first kappa shape index (κ1) is 13.9. The highest BCUT2D eigenvalue weighted by molar-refractivity contribution is 7.98. The minimum atomic E-state index is -0.576. The molecular weight excluding hydrogens is 264 g/mol. The molecule has 0 amide bonds. The summed E-state index contributed by atoms with van der Waals surface area (Å²) in [4.78, 5) is 1.19. The highest BCUT2D eigenvalue weighted by Crippen LogP contribution is 2.23. The van der Waals surface area contributed by atoms with E-state index in [1.54, 1.807) is 11.8 Å². The average molecular weight is 279 g/mol. The normalized spacial score (nSPS) is 12.2. The Bertz CT molecular complexity index is 534. The first-order valence-electron chi connectivity index (χ1n) is 5.95. The van der Waals surface area contributed by atoms with Crippen LogP contribution in [0.2, 0.25) is 0 Å². The smallest absolute Gasteiger partial charge is 0.128 e. The Kier molecular flexibility index (Phi) is 4.43. The Hall–Kier alpha value is -1.55. The van der Waals surface area contributed by atoms with Crippen LogP contribution in [0.4, 0.5) is 14.5 Å². The van der Waals surface area contributed by atoms with Crippen molar-refractivity contribution in [1.82, 2.24) is 0 Å². The fourth-order valence-electron chi connectivity index (χ4n) is 1.86. The predicted molar refractivity (Wildman–Crippen MR) is 76.6 cm³/mol. The Labute approximate surface area is 116 Å². The van der Waals surface area contributed by atoms with E-state index in [1.807, 2.05) is 37.4 Å². The summed E-state index contributed by atoms with van der Waals surface area (Å²) in [6.07, 6.45) is 2.02. The van der Waals surface area contributed by atoms with Crippen molar-refractivity contribution in [1.29, 1.82) is 0 Å². The lowest BCUT2D eigenvalue weighted by molar-refractivity contribution is 0.583. The third-order valence-electron chi connectivity index (χ3n) is 2.86. The number of thioether (sulfide) groups is 1. The number of hydrogen-bond acceptors (Lipinski definition) is 2. The molecule has 0 aromatic heterocycles. The Morgan fingerprint density at radius 3 is 2.11 bits per heavy atom. The quantitative estimate of drug-likeness (QED) is 0.802. The zero-order chi connectivity index (χ0) is 13.8. The molecule has 0 aliphatic rings. The van der Waals surface area contributed by atoms with E-state index in [1.165, 1.54) is 17.0 Å². The van der Waals surface area contributed by atoms with Crippen molar-refractivity contribution in [2.24, 2.45) is 0 Å². The van der Waals surface area contributed by atoms with Crippen molar-refractivity contribution in [2.45, 2.75) is 17.9 Å². The Balaban J connectivity index is 2.13. The van der Waals surface area contributed by atoms with Gasteiger partial charge in [-0.2, -0.15) is 0 Å². The molecule has 1 nitrogen and oxygen atoms in total. The Morgan fingerprint density at radius 2 is 1.58 bits per heavy atom. The highest BCUT2D eigenvalue weighted by atomic mass is 32.2. The van der Waals surface area contributed by atoms with E-state index in [2.05, 4.69) is 5.32 Å². The van der Waals surface area contributed by atoms with Gasteiger partial charge in [-0.1, -0.05) is 12.1 Å². The number of hydrogen-bond donors (Lipinski definition) is 1. The van der Waals surface area contributed by atoms with Crippen LogP contribution in [0, 0.1) is 11.6 Å². The van der Waals surface area contributed by atoms with E-state index in [0.717, 1.165) is 11.6 Å². The zero-order valence-corrected chi connectivity index (χ0v) is 11.6. The number of anilines is 1. The summed E-state index contributed by atoms with van der Waals surface area (Å²) in [6.45, 7) is 1.96. The Morgan fingerprint density at radius 1 is 1.00 bits per heavy atom. The molecule has 2 rings (SSSR count). The fraction of sp³-hybridized carbons (Fsp3) is 0.200. The van der Waals surface area contributed by atoms with Crippen molar-refractivity contribution < 1.29 is 8.78 Å². The van der Waals surface area contributed by atoms with Gasteiger partial charge in [0.1, 0.15) is 11.6 Å². The zero-order valence-electron chi connectivity index (χ0n) is 10.8. The van der Waals surface area contributed by atoms with Gasteiger partial charge in [0.2, 0.25) is 0 Å². The van der Waals surface area contributed by atoms with Gasteiger partial charge < -0.3 is 5.32 Å². The van der Waals surface area contributed by atoms with Gasteiger partial charge in [-0.25, -0.2) is 8.78 Å². The summed E-state index contributed by atoms with van der Waals surface area (Å²) >= 11 is 1.68. The van der Waals surface area contributed by atoms with Gasteiger partial charge in [0.05, 0.1) is 0 Å². The van der Waals surface area contributed by atoms with Crippen LogP contribution in [-0.4, -0.2) is 6.26 Å². The van der Waals surface area contributed by atoms with Gasteiger partial charge in [0.25, 0.3) is 0 Å². The first-order valence-corrected chi connectivity index (χ1v) is 7.17. The average Bonchev–Trinajstić information content (AvgIpc) is 2.37. The molecule has 0 radical (unpaired) electrons. The largest absolute Gasteiger partial charge is 0.378 e. The molecule has 1 N–H and O–H groups in total. The van der Waals surface area contributed by atoms with E-state index in [4.69, 9.17) is 0 Å². The highest BCUT2D eigenvalue weighted by Gasteiger charge is 2.07. The summed E-state index contributed by atoms with van der Waals surface area (Å²) in [5.74, 6) is -1.15. The first-order chi connectivity index (χ1) is 9.08. The van der Waals surface area contributed by atoms with Gasteiger partial charge in [-0.3, -0.25) is 0 Å². The van der Waals surface area contributed by atoms with Crippen LogP contribution >= 0.6 is 11.8 Å². The molecule has 4 heteroatoms. The van der Waals surface area contributed by atoms with Crippen LogP contribution < -0.4 is 5.32 Å². The molecule has 0 saturated heterocycles. The van der Waals surface area contributed by atoms with Crippen LogP contribution in [0.15, 0.2) is 47.4 Å². The molecule has 2 aromatic carbocycles. The van der Waals surface area contributed by atoms with E-state index in [-0.39, 0.29) is 6.04 Å². The number of benzene rings is 2. The van der Waals surface area contributed by atoms with E-state index < -0.39 is 11.6 Å². The molecule has 0 aliphatic carbocycles. The van der Waals surface area contributed by atoms with Crippen molar-refractivity contribution in [3.8, 4) is 0 Å². The molecule has 0 saturated carbocycles. The lowest BCUT2D eigenvalue weighted by Crippen LogP contribution is -2.07. The minimum Gasteiger partial charge on any atom is -0.378 e. The molecule has 2 aromatic rings. The van der Waals surface area contributed by atoms with Crippen LogP contribution in [0.5, 0.6) is 0 Å². The van der Waals surface area contributed by atoms with Gasteiger partial charge in [-0.05, 0) is 43.0 Å². The predicted octanol–water partition coefficient (Wildman–Crippen LogP) is 4.86. The summed E-state index contributed by atoms with van der Waals surface area (Å²) in [5.41, 5.74) is 1.52. The molecule has 0 heterocycles. The molecule has 0 fully saturated rings. The van der Waals surface area contributed by atoms with Crippen molar-refractivity contribution in [3.05, 3.63) is 59.7 Å². The second kappa shape index (κ2) is 6.06. The maximum Gasteiger partial charge on any atom is 0.128 e. The molecule has 1 atom stereocenters. The fourth-order valence-corrected chi connectivity index (χ4v) is 2.27. The SMILES string of the molecule is CSc1ccc(C(C)Nc2cc(F)cc(F)c2)cc1. The van der Waals surface area contributed by atoms with E-state index >= 15 is 0 Å². The second-order valence-corrected chi connectivity index (χ2v) is 5.18. The molecule has 19 heavy (non-hydrogen) atoms. The lowest BCUT2D eigenvalue weighted by Gasteiger charge is -2.16. The monoisotopic (exact) mass is 279 g/mol. The van der Waals surface area contributed by atoms with Crippen molar-refractivity contribution in [2.75, 3.05) is 11.6 Å². The summed E-state index contributed by atoms with van der Waals surface area (Å²) in [5, 5.41) is 3.09. The van der Waals surface area contributed by atoms with Gasteiger partial charge in [-0.15, -0.1) is 11.8 Å². The van der Waals surface area contributed by atoms with Crippen LogP contribution in [-0.2, 0) is 0 Å². The van der Waals surface area contributed by atoms with E-state index in [0.29, 0.717) is 5.69 Å². The standard InChI is InChI=1S/C15H15F2NS/c1-10(11-3-5-15(19-2)6-4-11)18-14-8-12(16)7-13(17)9-14/h3-10,18H,1-2H3. The maximum atomic E-state index is 13.1. The second-order valence-electron chi connectivity index (χ2n) is 4.30. The topological polar surface area (TPSA) is 12.0 Å². The summed E-state index contributed by atoms with van der Waals surface area (Å²) in [6, 6.07) is 11.5. The molecular formula is C15H15F2NS. The lowest BCUT2D eigenvalue weighted by atomic mass is 10.1. The van der Waals surface area contributed by atoms with Gasteiger partial charge in [0.15, 0.2) is 0 Å².